The summed E-state index contributed by atoms with van der Waals surface area (Å²) in [4.78, 5) is 17.6. The highest BCUT2D eigenvalue weighted by atomic mass is 16.2. The zero-order chi connectivity index (χ0) is 14.8. The number of hydrogen-bond donors (Lipinski definition) is 2. The number of fused-ring (bicyclic) bond motifs is 1. The van der Waals surface area contributed by atoms with Crippen LogP contribution in [-0.4, -0.2) is 41.5 Å². The molecule has 2 heterocycles. The molecule has 4 heteroatoms. The Morgan fingerprint density at radius 3 is 3.10 bits per heavy atom. The minimum atomic E-state index is 0.269. The van der Waals surface area contributed by atoms with E-state index < -0.39 is 0 Å². The first kappa shape index (κ1) is 14.1. The number of para-hydroxylation sites is 1. The first-order chi connectivity index (χ1) is 10.1. The van der Waals surface area contributed by atoms with Crippen molar-refractivity contribution in [3.05, 3.63) is 35.5 Å². The molecule has 2 aromatic rings. The van der Waals surface area contributed by atoms with Gasteiger partial charge in [-0.3, -0.25) is 4.79 Å². The molecule has 0 unspecified atom stereocenters. The number of rotatable bonds is 3. The minimum Gasteiger partial charge on any atom is -0.361 e. The fourth-order valence-electron chi connectivity index (χ4n) is 3.13. The highest BCUT2D eigenvalue weighted by Crippen LogP contribution is 2.22. The molecule has 1 atom stereocenters. The number of H-pyrrole nitrogens is 1. The number of aromatic nitrogens is 1. The third-order valence-electron chi connectivity index (χ3n) is 4.34. The molecule has 3 rings (SSSR count). The summed E-state index contributed by atoms with van der Waals surface area (Å²) >= 11 is 0. The van der Waals surface area contributed by atoms with Crippen LogP contribution in [0.4, 0.5) is 0 Å². The van der Waals surface area contributed by atoms with E-state index in [1.165, 1.54) is 22.0 Å². The van der Waals surface area contributed by atoms with E-state index in [4.69, 9.17) is 0 Å². The molecule has 1 aromatic carbocycles. The number of hydrogen-bond acceptors (Lipinski definition) is 2. The third-order valence-corrected chi connectivity index (χ3v) is 4.34. The van der Waals surface area contributed by atoms with Crippen molar-refractivity contribution < 1.29 is 4.79 Å². The normalized spacial score (nSPS) is 19.1. The van der Waals surface area contributed by atoms with Gasteiger partial charge in [0.15, 0.2) is 0 Å². The number of nitrogens with one attached hydrogen (secondary N) is 2. The van der Waals surface area contributed by atoms with E-state index >= 15 is 0 Å². The van der Waals surface area contributed by atoms with E-state index in [0.29, 0.717) is 12.5 Å². The van der Waals surface area contributed by atoms with Crippen molar-refractivity contribution in [1.29, 1.82) is 0 Å². The Balaban J connectivity index is 1.66. The van der Waals surface area contributed by atoms with Gasteiger partial charge in [0.1, 0.15) is 0 Å². The molecule has 4 nitrogen and oxygen atoms in total. The quantitative estimate of drug-likeness (QED) is 0.908. The molecule has 0 aliphatic carbocycles. The van der Waals surface area contributed by atoms with Gasteiger partial charge in [-0.2, -0.15) is 0 Å². The summed E-state index contributed by atoms with van der Waals surface area (Å²) in [5.74, 6) is 0.269. The molecule has 1 aromatic heterocycles. The number of carbonyl (C=O) groups is 1. The zero-order valence-corrected chi connectivity index (χ0v) is 12.8. The number of carbonyl (C=O) groups excluding carboxylic acids is 1. The van der Waals surface area contributed by atoms with Gasteiger partial charge in [-0.25, -0.2) is 0 Å². The molecule has 112 valence electrons. The molecule has 0 bridgehead atoms. The summed E-state index contributed by atoms with van der Waals surface area (Å²) in [5.41, 5.74) is 3.68. The Hall–Kier alpha value is -1.81. The molecule has 0 radical (unpaired) electrons. The van der Waals surface area contributed by atoms with E-state index in [0.717, 1.165) is 26.1 Å². The van der Waals surface area contributed by atoms with Crippen molar-refractivity contribution in [2.75, 3.05) is 19.6 Å². The minimum absolute atomic E-state index is 0.269. The molecule has 2 N–H and O–H groups in total. The fourth-order valence-corrected chi connectivity index (χ4v) is 3.13. The maximum atomic E-state index is 12.3. The maximum absolute atomic E-state index is 12.3. The van der Waals surface area contributed by atoms with Crippen molar-refractivity contribution in [3.8, 4) is 0 Å². The largest absolute Gasteiger partial charge is 0.361 e. The van der Waals surface area contributed by atoms with Crippen LogP contribution in [0.3, 0.4) is 0 Å². The van der Waals surface area contributed by atoms with E-state index in [-0.39, 0.29) is 5.91 Å². The number of piperazine rings is 1. The summed E-state index contributed by atoms with van der Waals surface area (Å²) in [6, 6.07) is 6.72. The number of aryl methyl sites for hydroxylation is 2. The van der Waals surface area contributed by atoms with Gasteiger partial charge in [-0.15, -0.1) is 0 Å². The van der Waals surface area contributed by atoms with Crippen LogP contribution < -0.4 is 5.32 Å². The van der Waals surface area contributed by atoms with Crippen molar-refractivity contribution in [2.24, 2.45) is 0 Å². The van der Waals surface area contributed by atoms with E-state index in [1.807, 2.05) is 11.1 Å². The first-order valence-corrected chi connectivity index (χ1v) is 7.72. The van der Waals surface area contributed by atoms with Crippen LogP contribution in [0.2, 0.25) is 0 Å². The molecular weight excluding hydrogens is 262 g/mol. The van der Waals surface area contributed by atoms with Gasteiger partial charge in [0.05, 0.1) is 0 Å². The third kappa shape index (κ3) is 2.95. The summed E-state index contributed by atoms with van der Waals surface area (Å²) in [6.07, 6.45) is 3.44. The van der Waals surface area contributed by atoms with Gasteiger partial charge < -0.3 is 15.2 Å². The lowest BCUT2D eigenvalue weighted by molar-refractivity contribution is -0.132. The van der Waals surface area contributed by atoms with Crippen LogP contribution in [0.15, 0.2) is 24.4 Å². The summed E-state index contributed by atoms with van der Waals surface area (Å²) in [7, 11) is 0. The lowest BCUT2D eigenvalue weighted by Gasteiger charge is -2.32. The van der Waals surface area contributed by atoms with Gasteiger partial charge in [0.25, 0.3) is 0 Å². The molecule has 1 saturated heterocycles. The summed E-state index contributed by atoms with van der Waals surface area (Å²) in [5, 5.41) is 4.61. The lowest BCUT2D eigenvalue weighted by Crippen LogP contribution is -2.51. The number of amides is 1. The Bertz CT molecular complexity index is 647. The van der Waals surface area contributed by atoms with Crippen LogP contribution in [0.5, 0.6) is 0 Å². The maximum Gasteiger partial charge on any atom is 0.222 e. The van der Waals surface area contributed by atoms with Gasteiger partial charge in [0.2, 0.25) is 5.91 Å². The van der Waals surface area contributed by atoms with Crippen LogP contribution in [-0.2, 0) is 11.2 Å². The van der Waals surface area contributed by atoms with Crippen molar-refractivity contribution >= 4 is 16.8 Å². The van der Waals surface area contributed by atoms with E-state index in [2.05, 4.69) is 42.3 Å². The second-order valence-corrected chi connectivity index (χ2v) is 6.01. The van der Waals surface area contributed by atoms with Gasteiger partial charge in [-0.05, 0) is 31.4 Å². The average molecular weight is 285 g/mol. The van der Waals surface area contributed by atoms with Gasteiger partial charge in [0, 0.05) is 49.2 Å². The Morgan fingerprint density at radius 2 is 2.29 bits per heavy atom. The second kappa shape index (κ2) is 5.90. The van der Waals surface area contributed by atoms with Crippen LogP contribution in [0.25, 0.3) is 10.9 Å². The SMILES string of the molecule is Cc1cccc2c(CCC(=O)N3CCN[C@H](C)C3)c[nH]c12. The Kier molecular flexibility index (Phi) is 3.97. The highest BCUT2D eigenvalue weighted by Gasteiger charge is 2.20. The molecule has 21 heavy (non-hydrogen) atoms. The van der Waals surface area contributed by atoms with Crippen molar-refractivity contribution in [1.82, 2.24) is 15.2 Å². The molecule has 1 fully saturated rings. The highest BCUT2D eigenvalue weighted by molar-refractivity contribution is 5.86. The number of benzene rings is 1. The predicted octanol–water partition coefficient (Wildman–Crippen LogP) is 2.23. The molecule has 1 aliphatic rings. The van der Waals surface area contributed by atoms with Gasteiger partial charge >= 0.3 is 0 Å². The molecule has 0 saturated carbocycles. The number of nitrogens with zero attached hydrogens (tertiary/aromatic N) is 1. The molecular formula is C17H23N3O. The van der Waals surface area contributed by atoms with Crippen LogP contribution >= 0.6 is 0 Å². The fraction of sp³-hybridized carbons (Fsp3) is 0.471. The zero-order valence-electron chi connectivity index (χ0n) is 12.8. The number of aromatic amines is 1. The van der Waals surface area contributed by atoms with Crippen molar-refractivity contribution in [3.63, 3.8) is 0 Å². The molecule has 0 spiro atoms. The predicted molar refractivity (Wildman–Crippen MR) is 85.4 cm³/mol. The standard InChI is InChI=1S/C17H23N3O/c1-12-4-3-5-15-14(10-19-17(12)15)6-7-16(21)20-9-8-18-13(2)11-20/h3-5,10,13,18-19H,6-9,11H2,1-2H3/t13-/m1/s1. The Labute approximate surface area is 125 Å². The summed E-state index contributed by atoms with van der Waals surface area (Å²) in [6.45, 7) is 6.79. The smallest absolute Gasteiger partial charge is 0.222 e. The lowest BCUT2D eigenvalue weighted by atomic mass is 10.1. The van der Waals surface area contributed by atoms with Crippen LogP contribution in [0.1, 0.15) is 24.5 Å². The molecule has 1 aliphatic heterocycles. The average Bonchev–Trinajstić information content (AvgIpc) is 2.89. The van der Waals surface area contributed by atoms with Gasteiger partial charge in [-0.1, -0.05) is 18.2 Å². The molecule has 1 amide bonds. The first-order valence-electron chi connectivity index (χ1n) is 7.72. The topological polar surface area (TPSA) is 48.1 Å². The Morgan fingerprint density at radius 1 is 1.43 bits per heavy atom. The second-order valence-electron chi connectivity index (χ2n) is 6.01. The summed E-state index contributed by atoms with van der Waals surface area (Å²) < 4.78 is 0. The van der Waals surface area contributed by atoms with Crippen LogP contribution in [0, 0.1) is 6.92 Å². The van der Waals surface area contributed by atoms with E-state index in [1.54, 1.807) is 0 Å². The van der Waals surface area contributed by atoms with E-state index in [9.17, 15) is 4.79 Å². The monoisotopic (exact) mass is 285 g/mol. The van der Waals surface area contributed by atoms with Crippen molar-refractivity contribution in [2.45, 2.75) is 32.7 Å².